The summed E-state index contributed by atoms with van der Waals surface area (Å²) in [6, 6.07) is 0. The number of hydrogen-bond donors (Lipinski definition) is 5. The van der Waals surface area contributed by atoms with E-state index in [9.17, 15) is 4.39 Å². The fraction of sp³-hybridized carbons (Fsp3) is 0.471. The predicted molar refractivity (Wildman–Crippen MR) is 114 cm³/mol. The van der Waals surface area contributed by atoms with E-state index in [1.54, 1.807) is 0 Å². The Kier molecular flexibility index (Phi) is 20.9. The molecule has 0 amide bonds. The second kappa shape index (κ2) is 19.1. The number of thiocarbonyl (C=S) groups is 1. The lowest BCUT2D eigenvalue weighted by molar-refractivity contribution is 0.235. The molecule has 0 aromatic rings. The summed E-state index contributed by atoms with van der Waals surface area (Å²) in [5, 5.41) is 20.8. The molecule has 1 rings (SSSR count). The van der Waals surface area contributed by atoms with Gasteiger partial charge in [-0.25, -0.2) is 4.39 Å². The Hall–Kier alpha value is -2.26. The van der Waals surface area contributed by atoms with Crippen molar-refractivity contribution >= 4 is 28.8 Å². The van der Waals surface area contributed by atoms with Gasteiger partial charge in [-0.1, -0.05) is 13.5 Å². The summed E-state index contributed by atoms with van der Waals surface area (Å²) in [7, 11) is 0. The predicted octanol–water partition coefficient (Wildman–Crippen LogP) is 2.59. The van der Waals surface area contributed by atoms with E-state index in [-0.39, 0.29) is 24.1 Å². The quantitative estimate of drug-likeness (QED) is 0.458. The summed E-state index contributed by atoms with van der Waals surface area (Å²) in [5.74, 6) is 0.264. The molecular formula is C17H34FN5O2S. The lowest BCUT2D eigenvalue weighted by Gasteiger charge is -2.17. The number of allylic oxidation sites excluding steroid dienone is 4. The number of nitrogens with two attached hydrogens (primary N) is 1. The molecule has 0 radical (unpaired) electrons. The maximum absolute atomic E-state index is 11.6. The summed E-state index contributed by atoms with van der Waals surface area (Å²) in [5.41, 5.74) is 6.36. The van der Waals surface area contributed by atoms with Crippen LogP contribution in [0.4, 0.5) is 4.39 Å². The third-order valence-electron chi connectivity index (χ3n) is 2.51. The first-order chi connectivity index (χ1) is 11.8. The maximum Gasteiger partial charge on any atom is 0.163 e. The van der Waals surface area contributed by atoms with Crippen LogP contribution in [0.1, 0.15) is 35.0 Å². The van der Waals surface area contributed by atoms with Crippen LogP contribution in [-0.4, -0.2) is 41.7 Å². The van der Waals surface area contributed by atoms with E-state index < -0.39 is 0 Å². The van der Waals surface area contributed by atoms with Crippen LogP contribution in [0.5, 0.6) is 0 Å². The maximum atomic E-state index is 11.6. The molecule has 26 heavy (non-hydrogen) atoms. The minimum Gasteiger partial charge on any atom is -0.491 e. The first-order valence-electron chi connectivity index (χ1n) is 7.99. The summed E-state index contributed by atoms with van der Waals surface area (Å²) in [4.78, 5) is 0. The lowest BCUT2D eigenvalue weighted by atomic mass is 10.1. The molecule has 1 aliphatic rings. The van der Waals surface area contributed by atoms with Crippen LogP contribution in [0.15, 0.2) is 36.5 Å². The molecule has 7 nitrogen and oxygen atoms in total. The monoisotopic (exact) mass is 391 g/mol. The average molecular weight is 392 g/mol. The van der Waals surface area contributed by atoms with Crippen LogP contribution in [0.25, 0.3) is 0 Å². The SMILES string of the molecule is C=C(C)NCCC.CCNC(N)=S.N=C1CCO/C(=C/C=C/F)C1=N.O.[HH]. The summed E-state index contributed by atoms with van der Waals surface area (Å²) < 4.78 is 16.6. The van der Waals surface area contributed by atoms with Crippen LogP contribution < -0.4 is 16.4 Å². The van der Waals surface area contributed by atoms with E-state index >= 15 is 0 Å². The van der Waals surface area contributed by atoms with Gasteiger partial charge in [-0.2, -0.15) is 0 Å². The number of halogens is 1. The topological polar surface area (TPSA) is 139 Å². The fourth-order valence-electron chi connectivity index (χ4n) is 1.38. The molecule has 0 aromatic heterocycles. The van der Waals surface area contributed by atoms with Gasteiger partial charge in [0.15, 0.2) is 5.11 Å². The van der Waals surface area contributed by atoms with Crippen LogP contribution in [0.2, 0.25) is 0 Å². The van der Waals surface area contributed by atoms with Gasteiger partial charge in [-0.15, -0.1) is 0 Å². The van der Waals surface area contributed by atoms with Crippen molar-refractivity contribution in [2.75, 3.05) is 19.7 Å². The minimum absolute atomic E-state index is 0. The largest absolute Gasteiger partial charge is 0.491 e. The van der Waals surface area contributed by atoms with Gasteiger partial charge in [0, 0.05) is 26.6 Å². The number of nitrogens with one attached hydrogen (secondary N) is 4. The third kappa shape index (κ3) is 18.1. The van der Waals surface area contributed by atoms with E-state index in [4.69, 9.17) is 21.3 Å². The smallest absolute Gasteiger partial charge is 0.163 e. The molecule has 0 saturated carbocycles. The summed E-state index contributed by atoms with van der Waals surface area (Å²) in [6.45, 7) is 12.0. The van der Waals surface area contributed by atoms with Crippen molar-refractivity contribution in [2.45, 2.75) is 33.6 Å². The third-order valence-corrected chi connectivity index (χ3v) is 2.65. The van der Waals surface area contributed by atoms with Gasteiger partial charge in [-0.3, -0.25) is 5.41 Å². The first-order valence-corrected chi connectivity index (χ1v) is 8.40. The van der Waals surface area contributed by atoms with Crippen molar-refractivity contribution in [1.82, 2.24) is 10.6 Å². The van der Waals surface area contributed by atoms with Gasteiger partial charge in [0.05, 0.1) is 18.6 Å². The number of rotatable bonds is 5. The highest BCUT2D eigenvalue weighted by Gasteiger charge is 2.17. The van der Waals surface area contributed by atoms with E-state index in [2.05, 4.69) is 36.4 Å². The lowest BCUT2D eigenvalue weighted by Crippen LogP contribution is -2.28. The van der Waals surface area contributed by atoms with Gasteiger partial charge in [0.1, 0.15) is 11.5 Å². The Morgan fingerprint density at radius 2 is 2.04 bits per heavy atom. The highest BCUT2D eigenvalue weighted by molar-refractivity contribution is 7.80. The average Bonchev–Trinajstić information content (AvgIpc) is 2.55. The molecule has 9 heteroatoms. The van der Waals surface area contributed by atoms with Gasteiger partial charge in [0.25, 0.3) is 0 Å². The molecule has 1 fully saturated rings. The molecule has 0 aromatic carbocycles. The molecule has 152 valence electrons. The molecule has 0 spiro atoms. The molecular weight excluding hydrogens is 357 g/mol. The Bertz CT molecular complexity index is 514. The first kappa shape index (κ1) is 28.5. The molecule has 1 saturated heterocycles. The number of hydrogen-bond acceptors (Lipinski definition) is 5. The Labute approximate surface area is 162 Å². The van der Waals surface area contributed by atoms with Crippen molar-refractivity contribution < 1.29 is 16.0 Å². The highest BCUT2D eigenvalue weighted by Crippen LogP contribution is 2.10. The standard InChI is InChI=1S/C8H9FN2O.C6H13N.C3H8N2S.H2O.H2/c9-4-1-2-7-8(11)6(10)3-5-12-7;1-4-5-7-6(2)3;1-2-5-3(4)6;;/h1-2,4,10-11H,3,5H2;7H,2,4-5H2,1,3H3;2H2,1H3,(H3,4,5,6);1H2;1H/b4-1+,7-2+,10-6?,11-8?;;;;. The zero-order valence-corrected chi connectivity index (χ0v) is 16.6. The van der Waals surface area contributed by atoms with Gasteiger partial charge < -0.3 is 32.0 Å². The van der Waals surface area contributed by atoms with Crippen molar-refractivity contribution in [1.29, 1.82) is 10.8 Å². The molecule has 1 heterocycles. The second-order valence-electron chi connectivity index (χ2n) is 4.90. The van der Waals surface area contributed by atoms with Gasteiger partial charge in [-0.05, 0) is 44.6 Å². The Morgan fingerprint density at radius 1 is 1.42 bits per heavy atom. The van der Waals surface area contributed by atoms with Gasteiger partial charge >= 0.3 is 0 Å². The number of ether oxygens (including phenoxy) is 1. The van der Waals surface area contributed by atoms with Crippen molar-refractivity contribution in [3.63, 3.8) is 0 Å². The van der Waals surface area contributed by atoms with E-state index in [0.29, 0.717) is 24.5 Å². The highest BCUT2D eigenvalue weighted by atomic mass is 32.1. The van der Waals surface area contributed by atoms with Crippen LogP contribution in [0, 0.1) is 10.8 Å². The minimum atomic E-state index is 0. The van der Waals surface area contributed by atoms with Crippen molar-refractivity contribution in [3.8, 4) is 0 Å². The van der Waals surface area contributed by atoms with E-state index in [0.717, 1.165) is 24.9 Å². The fourth-order valence-corrected chi connectivity index (χ4v) is 1.52. The van der Waals surface area contributed by atoms with Crippen LogP contribution in [0.3, 0.4) is 0 Å². The van der Waals surface area contributed by atoms with Crippen LogP contribution in [-0.2, 0) is 4.74 Å². The van der Waals surface area contributed by atoms with Gasteiger partial charge in [0.2, 0.25) is 0 Å². The zero-order chi connectivity index (χ0) is 19.7. The molecule has 0 atom stereocenters. The van der Waals surface area contributed by atoms with E-state index in [1.807, 2.05) is 13.8 Å². The van der Waals surface area contributed by atoms with Crippen LogP contribution >= 0.6 is 12.2 Å². The normalized spacial score (nSPS) is 14.1. The van der Waals surface area contributed by atoms with Crippen molar-refractivity contribution in [3.05, 3.63) is 36.5 Å². The molecule has 8 N–H and O–H groups in total. The van der Waals surface area contributed by atoms with E-state index in [1.165, 1.54) is 12.5 Å². The Morgan fingerprint density at radius 3 is 2.38 bits per heavy atom. The summed E-state index contributed by atoms with van der Waals surface area (Å²) >= 11 is 4.46. The van der Waals surface area contributed by atoms with Crippen molar-refractivity contribution in [2.24, 2.45) is 5.73 Å². The second-order valence-corrected chi connectivity index (χ2v) is 5.34. The molecule has 0 unspecified atom stereocenters. The molecule has 0 bridgehead atoms. The Balaban J connectivity index is -0.000000154. The molecule has 0 aliphatic carbocycles. The summed E-state index contributed by atoms with van der Waals surface area (Å²) in [6.07, 6.45) is 4.47. The zero-order valence-electron chi connectivity index (χ0n) is 15.7. The molecule has 1 aliphatic heterocycles.